The molecule has 0 aliphatic heterocycles. The summed E-state index contributed by atoms with van der Waals surface area (Å²) in [6.07, 6.45) is 1.59. The molecule has 0 radical (unpaired) electrons. The Bertz CT molecular complexity index is 1480. The van der Waals surface area contributed by atoms with Gasteiger partial charge in [-0.05, 0) is 42.0 Å². The zero-order valence-electron chi connectivity index (χ0n) is 18.7. The van der Waals surface area contributed by atoms with Crippen LogP contribution in [0.3, 0.4) is 0 Å². The van der Waals surface area contributed by atoms with Gasteiger partial charge in [-0.15, -0.1) is 11.3 Å². The minimum Gasteiger partial charge on any atom is -0.372 e. The maximum atomic E-state index is 12.7. The summed E-state index contributed by atoms with van der Waals surface area (Å²) in [5, 5.41) is 11.7. The second-order valence-corrected chi connectivity index (χ2v) is 9.17. The lowest BCUT2D eigenvalue weighted by molar-refractivity contribution is 0.103. The number of hydrogen-bond donors (Lipinski definition) is 3. The zero-order chi connectivity index (χ0) is 24.2. The molecule has 2 aromatic heterocycles. The number of anilines is 3. The predicted octanol–water partition coefficient (Wildman–Crippen LogP) is 6.31. The SMILES string of the molecule is CNc1nc(NCc2ccc(NC(=O)c3cnc(-c4ccc(Cl)cc4)s3)cc2)nc2ccccc12. The predicted molar refractivity (Wildman–Crippen MR) is 143 cm³/mol. The van der Waals surface area contributed by atoms with Crippen molar-refractivity contribution in [2.24, 2.45) is 0 Å². The Morgan fingerprint density at radius 2 is 1.74 bits per heavy atom. The summed E-state index contributed by atoms with van der Waals surface area (Å²) < 4.78 is 0. The van der Waals surface area contributed by atoms with Crippen LogP contribution in [0.5, 0.6) is 0 Å². The van der Waals surface area contributed by atoms with E-state index in [1.807, 2.05) is 67.7 Å². The Morgan fingerprint density at radius 3 is 2.51 bits per heavy atom. The molecule has 1 amide bonds. The number of hydrogen-bond acceptors (Lipinski definition) is 7. The molecule has 5 aromatic rings. The second kappa shape index (κ2) is 10.1. The molecule has 0 spiro atoms. The minimum absolute atomic E-state index is 0.197. The van der Waals surface area contributed by atoms with Crippen LogP contribution < -0.4 is 16.0 Å². The Kier molecular flexibility index (Phi) is 6.56. The molecule has 9 heteroatoms. The highest BCUT2D eigenvalue weighted by molar-refractivity contribution is 7.17. The van der Waals surface area contributed by atoms with Gasteiger partial charge in [-0.2, -0.15) is 4.98 Å². The molecule has 0 fully saturated rings. The fourth-order valence-corrected chi connectivity index (χ4v) is 4.47. The number of thiazole rings is 1. The van der Waals surface area contributed by atoms with Gasteiger partial charge in [0, 0.05) is 35.3 Å². The van der Waals surface area contributed by atoms with Crippen molar-refractivity contribution in [2.75, 3.05) is 23.0 Å². The van der Waals surface area contributed by atoms with E-state index in [1.54, 1.807) is 18.3 Å². The molecule has 7 nitrogen and oxygen atoms in total. The highest BCUT2D eigenvalue weighted by Gasteiger charge is 2.12. The van der Waals surface area contributed by atoms with Crippen LogP contribution in [-0.2, 0) is 6.54 Å². The Labute approximate surface area is 211 Å². The van der Waals surface area contributed by atoms with Crippen molar-refractivity contribution in [3.63, 3.8) is 0 Å². The lowest BCUT2D eigenvalue weighted by Gasteiger charge is -2.10. The molecule has 0 bridgehead atoms. The average molecular weight is 501 g/mol. The fourth-order valence-electron chi connectivity index (χ4n) is 3.53. The van der Waals surface area contributed by atoms with E-state index < -0.39 is 0 Å². The number of fused-ring (bicyclic) bond motifs is 1. The van der Waals surface area contributed by atoms with E-state index >= 15 is 0 Å². The van der Waals surface area contributed by atoms with E-state index in [-0.39, 0.29) is 5.91 Å². The van der Waals surface area contributed by atoms with Crippen molar-refractivity contribution in [3.05, 3.63) is 94.5 Å². The molecule has 0 aliphatic rings. The monoisotopic (exact) mass is 500 g/mol. The zero-order valence-corrected chi connectivity index (χ0v) is 20.3. The summed E-state index contributed by atoms with van der Waals surface area (Å²) in [7, 11) is 1.84. The van der Waals surface area contributed by atoms with Gasteiger partial charge in [0.05, 0.1) is 11.7 Å². The first kappa shape index (κ1) is 22.8. The lowest BCUT2D eigenvalue weighted by Crippen LogP contribution is -2.10. The van der Waals surface area contributed by atoms with Crippen LogP contribution in [0.1, 0.15) is 15.2 Å². The van der Waals surface area contributed by atoms with E-state index in [9.17, 15) is 4.79 Å². The third-order valence-electron chi connectivity index (χ3n) is 5.32. The number of rotatable bonds is 7. The second-order valence-electron chi connectivity index (χ2n) is 7.70. The first-order valence-corrected chi connectivity index (χ1v) is 12.1. The number of amides is 1. The summed E-state index contributed by atoms with van der Waals surface area (Å²) in [6, 6.07) is 22.9. The van der Waals surface area contributed by atoms with Crippen molar-refractivity contribution in [1.29, 1.82) is 0 Å². The molecule has 0 saturated carbocycles. The normalized spacial score (nSPS) is 10.8. The van der Waals surface area contributed by atoms with Crippen LogP contribution in [0, 0.1) is 0 Å². The molecule has 2 heterocycles. The number of benzene rings is 3. The molecule has 174 valence electrons. The summed E-state index contributed by atoms with van der Waals surface area (Å²) in [4.78, 5) is 26.7. The Morgan fingerprint density at radius 1 is 0.971 bits per heavy atom. The number of nitrogens with one attached hydrogen (secondary N) is 3. The van der Waals surface area contributed by atoms with Gasteiger partial charge in [0.2, 0.25) is 5.95 Å². The highest BCUT2D eigenvalue weighted by atomic mass is 35.5. The molecule has 0 atom stereocenters. The van der Waals surface area contributed by atoms with Gasteiger partial charge in [0.15, 0.2) is 0 Å². The molecule has 0 saturated heterocycles. The summed E-state index contributed by atoms with van der Waals surface area (Å²) >= 11 is 7.28. The van der Waals surface area contributed by atoms with Crippen LogP contribution in [0.15, 0.2) is 79.0 Å². The summed E-state index contributed by atoms with van der Waals surface area (Å²) in [5.74, 6) is 1.13. The molecular weight excluding hydrogens is 480 g/mol. The van der Waals surface area contributed by atoms with E-state index in [0.29, 0.717) is 28.1 Å². The first-order chi connectivity index (χ1) is 17.1. The van der Waals surface area contributed by atoms with Crippen LogP contribution >= 0.6 is 22.9 Å². The first-order valence-electron chi connectivity index (χ1n) is 10.9. The van der Waals surface area contributed by atoms with E-state index in [4.69, 9.17) is 11.6 Å². The molecular formula is C26H21ClN6OS. The van der Waals surface area contributed by atoms with Crippen molar-refractivity contribution in [3.8, 4) is 10.6 Å². The Hall–Kier alpha value is -4.01. The maximum Gasteiger partial charge on any atom is 0.267 e. The fraction of sp³-hybridized carbons (Fsp3) is 0.0769. The van der Waals surface area contributed by atoms with Gasteiger partial charge in [-0.3, -0.25) is 4.79 Å². The lowest BCUT2D eigenvalue weighted by atomic mass is 10.2. The van der Waals surface area contributed by atoms with Crippen molar-refractivity contribution in [2.45, 2.75) is 6.54 Å². The maximum absolute atomic E-state index is 12.7. The molecule has 3 aromatic carbocycles. The third kappa shape index (κ3) is 5.24. The highest BCUT2D eigenvalue weighted by Crippen LogP contribution is 2.27. The van der Waals surface area contributed by atoms with Crippen LogP contribution in [0.25, 0.3) is 21.5 Å². The van der Waals surface area contributed by atoms with Crippen LogP contribution in [0.2, 0.25) is 5.02 Å². The van der Waals surface area contributed by atoms with E-state index in [1.165, 1.54) is 11.3 Å². The summed E-state index contributed by atoms with van der Waals surface area (Å²) in [6.45, 7) is 0.551. The van der Waals surface area contributed by atoms with Gasteiger partial charge in [-0.1, -0.05) is 48.0 Å². The van der Waals surface area contributed by atoms with Crippen molar-refractivity contribution < 1.29 is 4.79 Å². The van der Waals surface area contributed by atoms with Gasteiger partial charge < -0.3 is 16.0 Å². The van der Waals surface area contributed by atoms with Gasteiger partial charge in [0.1, 0.15) is 15.7 Å². The molecule has 3 N–H and O–H groups in total. The van der Waals surface area contributed by atoms with Crippen molar-refractivity contribution >= 4 is 57.2 Å². The van der Waals surface area contributed by atoms with Crippen LogP contribution in [0.4, 0.5) is 17.5 Å². The quantitative estimate of drug-likeness (QED) is 0.242. The number of carbonyl (C=O) groups excluding carboxylic acids is 1. The van der Waals surface area contributed by atoms with Gasteiger partial charge in [-0.25, -0.2) is 9.97 Å². The number of nitrogens with zero attached hydrogens (tertiary/aromatic N) is 3. The largest absolute Gasteiger partial charge is 0.372 e. The van der Waals surface area contributed by atoms with Crippen molar-refractivity contribution in [1.82, 2.24) is 15.0 Å². The van der Waals surface area contributed by atoms with E-state index in [2.05, 4.69) is 30.9 Å². The standard InChI is InChI=1S/C26H21ClN6OS/c1-28-23-20-4-2-3-5-21(20)32-26(33-23)30-14-16-6-12-19(13-7-16)31-24(34)22-15-29-25(35-22)17-8-10-18(27)11-9-17/h2-13,15H,14H2,1H3,(H,31,34)(H2,28,30,32,33). The molecule has 35 heavy (non-hydrogen) atoms. The van der Waals surface area contributed by atoms with Gasteiger partial charge in [0.25, 0.3) is 5.91 Å². The number of halogens is 1. The average Bonchev–Trinajstić information content (AvgIpc) is 3.39. The topological polar surface area (TPSA) is 91.8 Å². The van der Waals surface area contributed by atoms with Gasteiger partial charge >= 0.3 is 0 Å². The molecule has 0 unspecified atom stereocenters. The van der Waals surface area contributed by atoms with E-state index in [0.717, 1.165) is 32.9 Å². The smallest absolute Gasteiger partial charge is 0.267 e. The number of para-hydroxylation sites is 1. The summed E-state index contributed by atoms with van der Waals surface area (Å²) in [5.41, 5.74) is 3.54. The minimum atomic E-state index is -0.197. The number of aromatic nitrogens is 3. The molecule has 0 aliphatic carbocycles. The Balaban J connectivity index is 1.21. The third-order valence-corrected chi connectivity index (χ3v) is 6.62. The molecule has 5 rings (SSSR count). The number of carbonyl (C=O) groups is 1. The van der Waals surface area contributed by atoms with Crippen LogP contribution in [-0.4, -0.2) is 27.9 Å².